The summed E-state index contributed by atoms with van der Waals surface area (Å²) in [7, 11) is 0. The second kappa shape index (κ2) is 7.19. The third-order valence-electron chi connectivity index (χ3n) is 5.13. The molecule has 1 atom stereocenters. The summed E-state index contributed by atoms with van der Waals surface area (Å²) in [6, 6.07) is 7.37. The third kappa shape index (κ3) is 3.54. The fourth-order valence-electron chi connectivity index (χ4n) is 3.57. The fourth-order valence-corrected chi connectivity index (χ4v) is 3.57. The molecule has 0 amide bonds. The van der Waals surface area contributed by atoms with Gasteiger partial charge in [-0.2, -0.15) is 13.2 Å². The summed E-state index contributed by atoms with van der Waals surface area (Å²) in [4.78, 5) is 9.91. The maximum absolute atomic E-state index is 12.7. The number of aromatic nitrogens is 2. The quantitative estimate of drug-likeness (QED) is 0.585. The predicted octanol–water partition coefficient (Wildman–Crippen LogP) is 5.74. The highest BCUT2D eigenvalue weighted by molar-refractivity contribution is 5.84. The molecule has 3 heterocycles. The van der Waals surface area contributed by atoms with Crippen LogP contribution in [0.5, 0.6) is 0 Å². The Hall–Kier alpha value is -3.02. The minimum Gasteiger partial charge on any atom is -0.360 e. The Bertz CT molecular complexity index is 1030. The van der Waals surface area contributed by atoms with Gasteiger partial charge in [-0.25, -0.2) is 4.98 Å². The van der Waals surface area contributed by atoms with Gasteiger partial charge in [0.2, 0.25) is 0 Å². The molecule has 4 rings (SSSR count). The second-order valence-electron chi connectivity index (χ2n) is 6.91. The normalized spacial score (nSPS) is 17.7. The standard InChI is InChI=1S/C22H20F3N3/c1-15-19-11-12-26-21(19)27-14-20(15)28-13-3-2-4-18(28)10-7-16-5-8-17(9-6-16)22(23,24)25/h2-3,5-12,14,18H,4,13H2,1H3,(H,26,27). The number of anilines is 1. The van der Waals surface area contributed by atoms with Crippen LogP contribution in [0.4, 0.5) is 18.9 Å². The van der Waals surface area contributed by atoms with Gasteiger partial charge in [0.25, 0.3) is 0 Å². The van der Waals surface area contributed by atoms with E-state index < -0.39 is 11.7 Å². The van der Waals surface area contributed by atoms with Crippen molar-refractivity contribution in [2.75, 3.05) is 11.4 Å². The van der Waals surface area contributed by atoms with Gasteiger partial charge >= 0.3 is 6.18 Å². The number of hydrogen-bond acceptors (Lipinski definition) is 2. The average molecular weight is 383 g/mol. The maximum atomic E-state index is 12.7. The topological polar surface area (TPSA) is 31.9 Å². The lowest BCUT2D eigenvalue weighted by atomic mass is 10.0. The van der Waals surface area contributed by atoms with Crippen molar-refractivity contribution in [3.63, 3.8) is 0 Å². The van der Waals surface area contributed by atoms with Crippen molar-refractivity contribution >= 4 is 22.8 Å². The molecule has 1 N–H and O–H groups in total. The summed E-state index contributed by atoms with van der Waals surface area (Å²) in [5, 5.41) is 1.09. The molecule has 3 nitrogen and oxygen atoms in total. The van der Waals surface area contributed by atoms with Crippen molar-refractivity contribution in [3.05, 3.63) is 77.6 Å². The van der Waals surface area contributed by atoms with Crippen LogP contribution < -0.4 is 4.90 Å². The van der Waals surface area contributed by atoms with E-state index in [1.54, 1.807) is 0 Å². The Morgan fingerprint density at radius 2 is 1.93 bits per heavy atom. The first kappa shape index (κ1) is 18.3. The summed E-state index contributed by atoms with van der Waals surface area (Å²) in [6.45, 7) is 2.85. The Morgan fingerprint density at radius 1 is 1.14 bits per heavy atom. The number of H-pyrrole nitrogens is 1. The molecule has 1 aliphatic heterocycles. The van der Waals surface area contributed by atoms with Crippen LogP contribution in [0.25, 0.3) is 17.1 Å². The Morgan fingerprint density at radius 3 is 2.68 bits per heavy atom. The van der Waals surface area contributed by atoms with Crippen LogP contribution in [0.2, 0.25) is 0 Å². The van der Waals surface area contributed by atoms with E-state index in [0.717, 1.165) is 52.9 Å². The van der Waals surface area contributed by atoms with Crippen LogP contribution in [-0.2, 0) is 6.18 Å². The SMILES string of the molecule is Cc1c(N2CC=CCC2C=Cc2ccc(C(F)(F)F)cc2)cnc2[nH]ccc12. The smallest absolute Gasteiger partial charge is 0.360 e. The number of fused-ring (bicyclic) bond motifs is 1. The first-order valence-electron chi connectivity index (χ1n) is 9.13. The monoisotopic (exact) mass is 383 g/mol. The number of halogens is 3. The van der Waals surface area contributed by atoms with Crippen molar-refractivity contribution in [2.24, 2.45) is 0 Å². The molecule has 0 aliphatic carbocycles. The van der Waals surface area contributed by atoms with Crippen molar-refractivity contribution in [2.45, 2.75) is 25.6 Å². The average Bonchev–Trinajstić information content (AvgIpc) is 3.16. The van der Waals surface area contributed by atoms with E-state index in [0.29, 0.717) is 0 Å². The Balaban J connectivity index is 1.59. The molecule has 0 spiro atoms. The number of aromatic amines is 1. The number of aryl methyl sites for hydroxylation is 1. The summed E-state index contributed by atoms with van der Waals surface area (Å²) in [6.07, 6.45) is 8.48. The summed E-state index contributed by atoms with van der Waals surface area (Å²) in [5.41, 5.74) is 3.21. The Kier molecular flexibility index (Phi) is 4.71. The highest BCUT2D eigenvalue weighted by atomic mass is 19.4. The van der Waals surface area contributed by atoms with Gasteiger partial charge in [0, 0.05) is 18.1 Å². The fraction of sp³-hybridized carbons (Fsp3) is 0.227. The molecule has 1 aliphatic rings. The van der Waals surface area contributed by atoms with E-state index in [4.69, 9.17) is 0 Å². The lowest BCUT2D eigenvalue weighted by Gasteiger charge is -2.34. The molecule has 0 bridgehead atoms. The van der Waals surface area contributed by atoms with E-state index in [-0.39, 0.29) is 6.04 Å². The van der Waals surface area contributed by atoms with E-state index >= 15 is 0 Å². The molecule has 1 aromatic carbocycles. The van der Waals surface area contributed by atoms with Crippen LogP contribution >= 0.6 is 0 Å². The number of alkyl halides is 3. The minimum atomic E-state index is -4.31. The summed E-state index contributed by atoms with van der Waals surface area (Å²) >= 11 is 0. The molecule has 0 saturated heterocycles. The van der Waals surface area contributed by atoms with Crippen molar-refractivity contribution in [3.8, 4) is 0 Å². The van der Waals surface area contributed by atoms with Crippen LogP contribution in [0.1, 0.15) is 23.1 Å². The number of pyridine rings is 1. The Labute approximate surface area is 161 Å². The molecule has 0 radical (unpaired) electrons. The number of benzene rings is 1. The lowest BCUT2D eigenvalue weighted by molar-refractivity contribution is -0.137. The molecular weight excluding hydrogens is 363 g/mol. The van der Waals surface area contributed by atoms with Crippen LogP contribution in [0, 0.1) is 6.92 Å². The lowest BCUT2D eigenvalue weighted by Crippen LogP contribution is -2.36. The van der Waals surface area contributed by atoms with Gasteiger partial charge in [-0.05, 0) is 42.7 Å². The zero-order valence-corrected chi connectivity index (χ0v) is 15.4. The largest absolute Gasteiger partial charge is 0.416 e. The first-order chi connectivity index (χ1) is 13.4. The molecule has 3 aromatic rings. The predicted molar refractivity (Wildman–Crippen MR) is 106 cm³/mol. The number of hydrogen-bond donors (Lipinski definition) is 1. The third-order valence-corrected chi connectivity index (χ3v) is 5.13. The van der Waals surface area contributed by atoms with Gasteiger partial charge in [-0.1, -0.05) is 36.4 Å². The summed E-state index contributed by atoms with van der Waals surface area (Å²) < 4.78 is 38.2. The zero-order valence-electron chi connectivity index (χ0n) is 15.4. The highest BCUT2D eigenvalue weighted by Gasteiger charge is 2.29. The summed E-state index contributed by atoms with van der Waals surface area (Å²) in [5.74, 6) is 0. The maximum Gasteiger partial charge on any atom is 0.416 e. The van der Waals surface area contributed by atoms with Gasteiger partial charge in [0.1, 0.15) is 5.65 Å². The minimum absolute atomic E-state index is 0.115. The van der Waals surface area contributed by atoms with Crippen LogP contribution in [-0.4, -0.2) is 22.6 Å². The molecule has 1 unspecified atom stereocenters. The van der Waals surface area contributed by atoms with E-state index in [2.05, 4.69) is 33.9 Å². The molecule has 144 valence electrons. The second-order valence-corrected chi connectivity index (χ2v) is 6.91. The van der Waals surface area contributed by atoms with Gasteiger partial charge in [-0.15, -0.1) is 0 Å². The molecule has 0 fully saturated rings. The van der Waals surface area contributed by atoms with Gasteiger partial charge < -0.3 is 9.88 Å². The van der Waals surface area contributed by atoms with Crippen LogP contribution in [0.15, 0.2) is 61.0 Å². The molecule has 2 aromatic heterocycles. The van der Waals surface area contributed by atoms with Crippen molar-refractivity contribution < 1.29 is 13.2 Å². The molecule has 28 heavy (non-hydrogen) atoms. The van der Waals surface area contributed by atoms with E-state index in [9.17, 15) is 13.2 Å². The van der Waals surface area contributed by atoms with Gasteiger partial charge in [0.15, 0.2) is 0 Å². The molecular formula is C22H20F3N3. The number of nitrogens with zero attached hydrogens (tertiary/aromatic N) is 2. The molecule has 6 heteroatoms. The van der Waals surface area contributed by atoms with Crippen LogP contribution in [0.3, 0.4) is 0 Å². The van der Waals surface area contributed by atoms with Crippen molar-refractivity contribution in [1.29, 1.82) is 0 Å². The van der Waals surface area contributed by atoms with Gasteiger partial charge in [0.05, 0.1) is 23.5 Å². The highest BCUT2D eigenvalue weighted by Crippen LogP contribution is 2.31. The van der Waals surface area contributed by atoms with E-state index in [1.165, 1.54) is 12.1 Å². The molecule has 0 saturated carbocycles. The first-order valence-corrected chi connectivity index (χ1v) is 9.13. The number of nitrogens with one attached hydrogen (secondary N) is 1. The van der Waals surface area contributed by atoms with Crippen molar-refractivity contribution in [1.82, 2.24) is 9.97 Å². The zero-order chi connectivity index (χ0) is 19.7. The number of rotatable bonds is 3. The van der Waals surface area contributed by atoms with Gasteiger partial charge in [-0.3, -0.25) is 0 Å². The van der Waals surface area contributed by atoms with E-state index in [1.807, 2.05) is 30.6 Å².